The molecule has 1 N–H and O–H groups in total. The van der Waals surface area contributed by atoms with E-state index in [4.69, 9.17) is 0 Å². The molecule has 1 aliphatic heterocycles. The van der Waals surface area contributed by atoms with Crippen LogP contribution in [0.15, 0.2) is 10.9 Å². The van der Waals surface area contributed by atoms with Gasteiger partial charge in [-0.15, -0.1) is 11.3 Å². The van der Waals surface area contributed by atoms with Crippen LogP contribution in [0.2, 0.25) is 0 Å². The van der Waals surface area contributed by atoms with Crippen molar-refractivity contribution in [2.45, 2.75) is 26.2 Å². The molecule has 4 nitrogen and oxygen atoms in total. The standard InChI is InChI=1S/C13H22N2O2S2/c1-2-4-14-7-12(6-13-8-18-10-15-13)11-3-5-19(16,17)9-11/h8,10-12,14H,2-7,9H2,1H3. The van der Waals surface area contributed by atoms with E-state index in [9.17, 15) is 8.42 Å². The first kappa shape index (κ1) is 14.9. The fourth-order valence-electron chi connectivity index (χ4n) is 2.67. The summed E-state index contributed by atoms with van der Waals surface area (Å²) in [6.45, 7) is 4.03. The summed E-state index contributed by atoms with van der Waals surface area (Å²) in [5, 5.41) is 5.50. The van der Waals surface area contributed by atoms with Crippen molar-refractivity contribution in [1.29, 1.82) is 0 Å². The normalized spacial score (nSPS) is 23.5. The van der Waals surface area contributed by atoms with Gasteiger partial charge in [-0.25, -0.2) is 13.4 Å². The van der Waals surface area contributed by atoms with Crippen molar-refractivity contribution in [2.24, 2.45) is 11.8 Å². The van der Waals surface area contributed by atoms with Crippen molar-refractivity contribution in [3.63, 3.8) is 0 Å². The maximum absolute atomic E-state index is 11.6. The van der Waals surface area contributed by atoms with Crippen LogP contribution in [0.25, 0.3) is 0 Å². The lowest BCUT2D eigenvalue weighted by molar-refractivity contribution is 0.341. The zero-order valence-corrected chi connectivity index (χ0v) is 13.0. The fraction of sp³-hybridized carbons (Fsp3) is 0.769. The zero-order valence-electron chi connectivity index (χ0n) is 11.3. The van der Waals surface area contributed by atoms with Gasteiger partial charge in [-0.05, 0) is 44.2 Å². The zero-order chi connectivity index (χ0) is 13.7. The lowest BCUT2D eigenvalue weighted by Gasteiger charge is -2.22. The van der Waals surface area contributed by atoms with Gasteiger partial charge in [0, 0.05) is 5.38 Å². The molecule has 1 aliphatic rings. The van der Waals surface area contributed by atoms with E-state index in [1.54, 1.807) is 11.3 Å². The first-order valence-electron chi connectivity index (χ1n) is 6.89. The van der Waals surface area contributed by atoms with Crippen molar-refractivity contribution in [3.8, 4) is 0 Å². The molecule has 108 valence electrons. The van der Waals surface area contributed by atoms with Crippen LogP contribution in [0.3, 0.4) is 0 Å². The lowest BCUT2D eigenvalue weighted by atomic mass is 9.88. The van der Waals surface area contributed by atoms with Crippen LogP contribution in [0.1, 0.15) is 25.5 Å². The van der Waals surface area contributed by atoms with Crippen LogP contribution in [0.4, 0.5) is 0 Å². The molecule has 19 heavy (non-hydrogen) atoms. The average Bonchev–Trinajstić information content (AvgIpc) is 2.97. The van der Waals surface area contributed by atoms with Crippen molar-refractivity contribution < 1.29 is 8.42 Å². The van der Waals surface area contributed by atoms with Crippen molar-refractivity contribution in [1.82, 2.24) is 10.3 Å². The van der Waals surface area contributed by atoms with E-state index in [-0.39, 0.29) is 5.92 Å². The number of rotatable bonds is 7. The summed E-state index contributed by atoms with van der Waals surface area (Å²) in [7, 11) is -2.80. The number of sulfone groups is 1. The Kier molecular flexibility index (Phi) is 5.36. The molecule has 2 unspecified atom stereocenters. The molecule has 1 saturated heterocycles. The quantitative estimate of drug-likeness (QED) is 0.779. The summed E-state index contributed by atoms with van der Waals surface area (Å²) in [6, 6.07) is 0. The Morgan fingerprint density at radius 2 is 2.42 bits per heavy atom. The van der Waals surface area contributed by atoms with Crippen LogP contribution in [0, 0.1) is 11.8 Å². The molecule has 6 heteroatoms. The van der Waals surface area contributed by atoms with E-state index in [1.807, 2.05) is 5.51 Å². The van der Waals surface area contributed by atoms with Gasteiger partial charge in [0.2, 0.25) is 0 Å². The van der Waals surface area contributed by atoms with Crippen LogP contribution in [-0.2, 0) is 16.3 Å². The SMILES string of the molecule is CCCNCC(Cc1cscn1)C1CCS(=O)(=O)C1. The fourth-order valence-corrected chi connectivity index (χ4v) is 5.16. The third kappa shape index (κ3) is 4.54. The summed E-state index contributed by atoms with van der Waals surface area (Å²) >= 11 is 1.60. The van der Waals surface area contributed by atoms with Gasteiger partial charge in [0.05, 0.1) is 22.7 Å². The van der Waals surface area contributed by atoms with E-state index in [0.29, 0.717) is 17.4 Å². The van der Waals surface area contributed by atoms with Crippen molar-refractivity contribution in [2.75, 3.05) is 24.6 Å². The molecule has 0 aromatic carbocycles. The van der Waals surface area contributed by atoms with Crippen LogP contribution in [-0.4, -0.2) is 38.0 Å². The number of hydrogen-bond acceptors (Lipinski definition) is 5. The predicted octanol–water partition coefficient (Wildman–Crippen LogP) is 1.74. The third-order valence-electron chi connectivity index (χ3n) is 3.72. The summed E-state index contributed by atoms with van der Waals surface area (Å²) in [5.74, 6) is 1.39. The van der Waals surface area contributed by atoms with Gasteiger partial charge in [0.25, 0.3) is 0 Å². The highest BCUT2D eigenvalue weighted by atomic mass is 32.2. The number of nitrogens with one attached hydrogen (secondary N) is 1. The highest BCUT2D eigenvalue weighted by molar-refractivity contribution is 7.91. The number of thiazole rings is 1. The Bertz CT molecular complexity index is 471. The van der Waals surface area contributed by atoms with Gasteiger partial charge < -0.3 is 5.32 Å². The molecule has 1 aromatic rings. The van der Waals surface area contributed by atoms with E-state index >= 15 is 0 Å². The van der Waals surface area contributed by atoms with Gasteiger partial charge in [-0.1, -0.05) is 6.92 Å². The van der Waals surface area contributed by atoms with Gasteiger partial charge >= 0.3 is 0 Å². The Hall–Kier alpha value is -0.460. The Balaban J connectivity index is 1.97. The Labute approximate surface area is 119 Å². The molecular weight excluding hydrogens is 280 g/mol. The number of nitrogens with zero attached hydrogens (tertiary/aromatic N) is 1. The lowest BCUT2D eigenvalue weighted by Crippen LogP contribution is -2.31. The second-order valence-electron chi connectivity index (χ2n) is 5.31. The highest BCUT2D eigenvalue weighted by Crippen LogP contribution is 2.28. The molecule has 2 rings (SSSR count). The first-order valence-corrected chi connectivity index (χ1v) is 9.65. The third-order valence-corrected chi connectivity index (χ3v) is 6.15. The molecule has 0 radical (unpaired) electrons. The molecule has 2 heterocycles. The first-order chi connectivity index (χ1) is 9.11. The Morgan fingerprint density at radius 3 is 3.00 bits per heavy atom. The largest absolute Gasteiger partial charge is 0.316 e. The summed E-state index contributed by atoms with van der Waals surface area (Å²) in [4.78, 5) is 4.33. The second-order valence-corrected chi connectivity index (χ2v) is 8.26. The van der Waals surface area contributed by atoms with Gasteiger partial charge in [0.15, 0.2) is 9.84 Å². The van der Waals surface area contributed by atoms with E-state index < -0.39 is 9.84 Å². The maximum Gasteiger partial charge on any atom is 0.150 e. The molecule has 0 amide bonds. The predicted molar refractivity (Wildman–Crippen MR) is 79.2 cm³/mol. The molecule has 0 bridgehead atoms. The van der Waals surface area contributed by atoms with Gasteiger partial charge in [-0.3, -0.25) is 0 Å². The van der Waals surface area contributed by atoms with Crippen LogP contribution < -0.4 is 5.32 Å². The second kappa shape index (κ2) is 6.81. The molecule has 0 aliphatic carbocycles. The van der Waals surface area contributed by atoms with Gasteiger partial charge in [0.1, 0.15) is 0 Å². The minimum absolute atomic E-state index is 0.288. The van der Waals surface area contributed by atoms with Crippen LogP contribution in [0.5, 0.6) is 0 Å². The summed E-state index contributed by atoms with van der Waals surface area (Å²) in [5.41, 5.74) is 2.94. The molecule has 1 fully saturated rings. The minimum Gasteiger partial charge on any atom is -0.316 e. The number of hydrogen-bond donors (Lipinski definition) is 1. The van der Waals surface area contributed by atoms with E-state index in [0.717, 1.165) is 38.0 Å². The molecule has 2 atom stereocenters. The molecule has 0 saturated carbocycles. The maximum atomic E-state index is 11.6. The highest BCUT2D eigenvalue weighted by Gasteiger charge is 2.33. The number of aromatic nitrogens is 1. The molecule has 1 aromatic heterocycles. The Morgan fingerprint density at radius 1 is 1.58 bits per heavy atom. The van der Waals surface area contributed by atoms with Crippen LogP contribution >= 0.6 is 11.3 Å². The van der Waals surface area contributed by atoms with Crippen molar-refractivity contribution in [3.05, 3.63) is 16.6 Å². The minimum atomic E-state index is -2.80. The molecular formula is C13H22N2O2S2. The van der Waals surface area contributed by atoms with E-state index in [1.165, 1.54) is 0 Å². The summed E-state index contributed by atoms with van der Waals surface area (Å²) in [6.07, 6.45) is 2.80. The van der Waals surface area contributed by atoms with E-state index in [2.05, 4.69) is 22.6 Å². The smallest absolute Gasteiger partial charge is 0.150 e. The summed E-state index contributed by atoms with van der Waals surface area (Å²) < 4.78 is 23.3. The average molecular weight is 302 g/mol. The van der Waals surface area contributed by atoms with Gasteiger partial charge in [-0.2, -0.15) is 0 Å². The topological polar surface area (TPSA) is 59.1 Å². The monoisotopic (exact) mass is 302 g/mol. The molecule has 0 spiro atoms. The van der Waals surface area contributed by atoms with Crippen molar-refractivity contribution >= 4 is 21.2 Å².